The summed E-state index contributed by atoms with van der Waals surface area (Å²) in [7, 11) is 1.52. The molecule has 4 rings (SSSR count). The number of nitro groups is 1. The van der Waals surface area contributed by atoms with Crippen molar-refractivity contribution in [1.29, 1.82) is 0 Å². The number of rotatable bonds is 8. The van der Waals surface area contributed by atoms with Crippen molar-refractivity contribution in [3.05, 3.63) is 105 Å². The molecule has 0 atom stereocenters. The Kier molecular flexibility index (Phi) is 6.93. The van der Waals surface area contributed by atoms with E-state index in [-0.39, 0.29) is 22.7 Å². The Hall–Kier alpha value is -4.11. The van der Waals surface area contributed by atoms with Crippen LogP contribution in [-0.2, 0) is 17.9 Å². The molecule has 0 aliphatic carbocycles. The summed E-state index contributed by atoms with van der Waals surface area (Å²) in [4.78, 5) is 37.6. The molecule has 0 saturated carbocycles. The Labute approximate surface area is 199 Å². The third-order valence-corrected chi connectivity index (χ3v) is 6.04. The van der Waals surface area contributed by atoms with E-state index in [1.807, 2.05) is 30.3 Å². The number of carbonyl (C=O) groups is 2. The molecule has 9 heteroatoms. The predicted molar refractivity (Wildman–Crippen MR) is 128 cm³/mol. The van der Waals surface area contributed by atoms with Crippen molar-refractivity contribution in [3.8, 4) is 11.5 Å². The molecule has 0 aromatic heterocycles. The van der Waals surface area contributed by atoms with Crippen LogP contribution in [0.4, 0.5) is 10.5 Å². The lowest BCUT2D eigenvalue weighted by molar-refractivity contribution is -0.385. The van der Waals surface area contributed by atoms with Crippen LogP contribution in [0.3, 0.4) is 0 Å². The van der Waals surface area contributed by atoms with Crippen molar-refractivity contribution >= 4 is 34.7 Å². The summed E-state index contributed by atoms with van der Waals surface area (Å²) in [6.45, 7) is 0.107. The van der Waals surface area contributed by atoms with Gasteiger partial charge in [-0.25, -0.2) is 0 Å². The van der Waals surface area contributed by atoms with Gasteiger partial charge in [0.1, 0.15) is 6.61 Å². The number of nitrogens with zero attached hydrogens (tertiary/aromatic N) is 2. The zero-order chi connectivity index (χ0) is 24.1. The van der Waals surface area contributed by atoms with Crippen LogP contribution >= 0.6 is 11.8 Å². The average molecular weight is 477 g/mol. The van der Waals surface area contributed by atoms with Crippen LogP contribution in [0.2, 0.25) is 0 Å². The average Bonchev–Trinajstić information content (AvgIpc) is 3.11. The standard InChI is InChI=1S/C25H20N2O6S/c1-32-21-13-7-11-18(23(21)33-16-17-8-3-2-4-9-17)14-22-24(28)26(25(29)34-22)15-19-10-5-6-12-20(19)27(30)31/h2-14H,15-16H2,1H3/b22-14-. The number of methoxy groups -OCH3 is 1. The van der Waals surface area contributed by atoms with E-state index in [2.05, 4.69) is 0 Å². The first-order valence-electron chi connectivity index (χ1n) is 10.3. The second-order valence-electron chi connectivity index (χ2n) is 7.31. The summed E-state index contributed by atoms with van der Waals surface area (Å²) < 4.78 is 11.5. The molecule has 172 valence electrons. The Morgan fingerprint density at radius 1 is 1.00 bits per heavy atom. The fourth-order valence-corrected chi connectivity index (χ4v) is 4.29. The molecule has 0 N–H and O–H groups in total. The second-order valence-corrected chi connectivity index (χ2v) is 8.30. The molecule has 8 nitrogen and oxygen atoms in total. The summed E-state index contributed by atoms with van der Waals surface area (Å²) >= 11 is 0.779. The lowest BCUT2D eigenvalue weighted by Gasteiger charge is -2.14. The van der Waals surface area contributed by atoms with Crippen molar-refractivity contribution in [2.24, 2.45) is 0 Å². The van der Waals surface area contributed by atoms with E-state index in [1.54, 1.807) is 30.3 Å². The third-order valence-electron chi connectivity index (χ3n) is 5.13. The molecular weight excluding hydrogens is 456 g/mol. The van der Waals surface area contributed by atoms with Crippen molar-refractivity contribution in [3.63, 3.8) is 0 Å². The number of ether oxygens (including phenoxy) is 2. The van der Waals surface area contributed by atoms with Gasteiger partial charge in [0.05, 0.1) is 23.5 Å². The van der Waals surface area contributed by atoms with E-state index in [0.717, 1.165) is 22.2 Å². The van der Waals surface area contributed by atoms with Gasteiger partial charge < -0.3 is 9.47 Å². The molecule has 1 fully saturated rings. The van der Waals surface area contributed by atoms with Crippen LogP contribution in [0.1, 0.15) is 16.7 Å². The van der Waals surface area contributed by atoms with E-state index < -0.39 is 16.1 Å². The zero-order valence-electron chi connectivity index (χ0n) is 18.2. The lowest BCUT2D eigenvalue weighted by Crippen LogP contribution is -2.27. The molecular formula is C25H20N2O6S. The first-order chi connectivity index (χ1) is 16.5. The molecule has 3 aromatic carbocycles. The van der Waals surface area contributed by atoms with E-state index >= 15 is 0 Å². The first kappa shape index (κ1) is 23.1. The third kappa shape index (κ3) is 4.94. The van der Waals surface area contributed by atoms with Crippen LogP contribution in [0.25, 0.3) is 6.08 Å². The number of imide groups is 1. The molecule has 1 aliphatic heterocycles. The zero-order valence-corrected chi connectivity index (χ0v) is 19.0. The van der Waals surface area contributed by atoms with E-state index in [0.29, 0.717) is 23.7 Å². The molecule has 34 heavy (non-hydrogen) atoms. The largest absolute Gasteiger partial charge is 0.493 e. The Bertz CT molecular complexity index is 1280. The topological polar surface area (TPSA) is 99.0 Å². The van der Waals surface area contributed by atoms with Gasteiger partial charge in [0, 0.05) is 17.2 Å². The normalized spacial score (nSPS) is 14.5. The molecule has 0 bridgehead atoms. The van der Waals surface area contributed by atoms with Gasteiger partial charge in [-0.1, -0.05) is 60.7 Å². The van der Waals surface area contributed by atoms with Crippen molar-refractivity contribution < 1.29 is 24.0 Å². The van der Waals surface area contributed by atoms with Gasteiger partial charge in [0.15, 0.2) is 11.5 Å². The quantitative estimate of drug-likeness (QED) is 0.243. The smallest absolute Gasteiger partial charge is 0.293 e. The molecule has 1 saturated heterocycles. The molecule has 2 amide bonds. The number of thioether (sulfide) groups is 1. The molecule has 0 unspecified atom stereocenters. The predicted octanol–water partition coefficient (Wildman–Crippen LogP) is 5.42. The maximum Gasteiger partial charge on any atom is 0.293 e. The van der Waals surface area contributed by atoms with E-state index in [9.17, 15) is 19.7 Å². The number of carbonyl (C=O) groups excluding carboxylic acids is 2. The number of benzene rings is 3. The minimum absolute atomic E-state index is 0.144. The molecule has 1 aliphatic rings. The summed E-state index contributed by atoms with van der Waals surface area (Å²) in [5.74, 6) is 0.410. The highest BCUT2D eigenvalue weighted by molar-refractivity contribution is 8.18. The fraction of sp³-hybridized carbons (Fsp3) is 0.120. The van der Waals surface area contributed by atoms with Crippen molar-refractivity contribution in [1.82, 2.24) is 4.90 Å². The summed E-state index contributed by atoms with van der Waals surface area (Å²) in [6.07, 6.45) is 1.58. The van der Waals surface area contributed by atoms with Crippen LogP contribution in [0.15, 0.2) is 77.7 Å². The molecule has 0 spiro atoms. The number of amides is 2. The van der Waals surface area contributed by atoms with Gasteiger partial charge >= 0.3 is 0 Å². The van der Waals surface area contributed by atoms with Crippen LogP contribution in [0.5, 0.6) is 11.5 Å². The highest BCUT2D eigenvalue weighted by atomic mass is 32.2. The fourth-order valence-electron chi connectivity index (χ4n) is 3.46. The number of hydrogen-bond donors (Lipinski definition) is 0. The van der Waals surface area contributed by atoms with Crippen LogP contribution < -0.4 is 9.47 Å². The van der Waals surface area contributed by atoms with Crippen molar-refractivity contribution in [2.75, 3.05) is 7.11 Å². The molecule has 1 heterocycles. The summed E-state index contributed by atoms with van der Waals surface area (Å²) in [6, 6.07) is 20.9. The van der Waals surface area contributed by atoms with Gasteiger partial charge in [-0.2, -0.15) is 0 Å². The van der Waals surface area contributed by atoms with Gasteiger partial charge in [-0.15, -0.1) is 0 Å². The van der Waals surface area contributed by atoms with Crippen LogP contribution in [-0.4, -0.2) is 28.1 Å². The number of para-hydroxylation sites is 2. The first-order valence-corrected chi connectivity index (χ1v) is 11.1. The highest BCUT2D eigenvalue weighted by Crippen LogP contribution is 2.38. The Balaban J connectivity index is 1.60. The number of nitro benzene ring substituents is 1. The van der Waals surface area contributed by atoms with Gasteiger partial charge in [0.25, 0.3) is 16.8 Å². The summed E-state index contributed by atoms with van der Waals surface area (Å²) in [5, 5.41) is 10.8. The van der Waals surface area contributed by atoms with Gasteiger partial charge in [-0.3, -0.25) is 24.6 Å². The van der Waals surface area contributed by atoms with Crippen molar-refractivity contribution in [2.45, 2.75) is 13.2 Å². The van der Waals surface area contributed by atoms with Gasteiger partial charge in [0.2, 0.25) is 0 Å². The molecule has 0 radical (unpaired) electrons. The minimum Gasteiger partial charge on any atom is -0.493 e. The SMILES string of the molecule is COc1cccc(/C=C2\SC(=O)N(Cc3ccccc3[N+](=O)[O-])C2=O)c1OCc1ccccc1. The van der Waals surface area contributed by atoms with E-state index in [4.69, 9.17) is 9.47 Å². The second kappa shape index (κ2) is 10.2. The van der Waals surface area contributed by atoms with Gasteiger partial charge in [-0.05, 0) is 29.5 Å². The summed E-state index contributed by atoms with van der Waals surface area (Å²) in [5.41, 5.74) is 1.68. The monoisotopic (exact) mass is 476 g/mol. The lowest BCUT2D eigenvalue weighted by atomic mass is 10.1. The Morgan fingerprint density at radius 2 is 1.74 bits per heavy atom. The Morgan fingerprint density at radius 3 is 2.47 bits per heavy atom. The highest BCUT2D eigenvalue weighted by Gasteiger charge is 2.36. The molecule has 3 aromatic rings. The number of hydrogen-bond acceptors (Lipinski definition) is 7. The van der Waals surface area contributed by atoms with Crippen LogP contribution in [0, 0.1) is 10.1 Å². The maximum absolute atomic E-state index is 13.0. The van der Waals surface area contributed by atoms with E-state index in [1.165, 1.54) is 25.3 Å². The maximum atomic E-state index is 13.0. The minimum atomic E-state index is -0.531.